The molecule has 1 heterocycles. The van der Waals surface area contributed by atoms with Crippen LogP contribution in [-0.4, -0.2) is 17.7 Å². The van der Waals surface area contributed by atoms with E-state index in [-0.39, 0.29) is 0 Å². The van der Waals surface area contributed by atoms with E-state index in [2.05, 4.69) is 0 Å². The van der Waals surface area contributed by atoms with Crippen molar-refractivity contribution in [2.45, 2.75) is 38.9 Å². The third-order valence-electron chi connectivity index (χ3n) is 4.62. The van der Waals surface area contributed by atoms with E-state index < -0.39 is 29.1 Å². The summed E-state index contributed by atoms with van der Waals surface area (Å²) in [6.45, 7) is 6.83. The quantitative estimate of drug-likeness (QED) is 0.625. The zero-order valence-electron chi connectivity index (χ0n) is 14.9. The van der Waals surface area contributed by atoms with Gasteiger partial charge in [-0.3, -0.25) is 9.59 Å². The highest BCUT2D eigenvalue weighted by molar-refractivity contribution is 5.98. The topological polar surface area (TPSA) is 52.6 Å². The molecule has 0 radical (unpaired) electrons. The average Bonchev–Trinajstić information content (AvgIpc) is 2.53. The monoisotopic (exact) mass is 338 g/mol. The van der Waals surface area contributed by atoms with E-state index in [4.69, 9.17) is 9.47 Å². The zero-order chi connectivity index (χ0) is 18.2. The third-order valence-corrected chi connectivity index (χ3v) is 4.62. The second-order valence-corrected chi connectivity index (χ2v) is 7.34. The molecule has 0 saturated carbocycles. The van der Waals surface area contributed by atoms with Gasteiger partial charge in [0.05, 0.1) is 0 Å². The molecule has 0 aromatic heterocycles. The molecule has 0 spiro atoms. The van der Waals surface area contributed by atoms with E-state index in [0.717, 1.165) is 16.7 Å². The maximum atomic E-state index is 12.4. The van der Waals surface area contributed by atoms with Crippen LogP contribution in [0.25, 0.3) is 11.1 Å². The van der Waals surface area contributed by atoms with Crippen molar-refractivity contribution in [3.8, 4) is 11.1 Å². The van der Waals surface area contributed by atoms with Crippen LogP contribution in [0.5, 0.6) is 0 Å². The Balaban J connectivity index is 1.90. The molecular formula is C21H22O4. The van der Waals surface area contributed by atoms with Gasteiger partial charge in [0.1, 0.15) is 0 Å². The van der Waals surface area contributed by atoms with Gasteiger partial charge in [-0.25, -0.2) is 0 Å². The number of carbonyl (C=O) groups excluding carboxylic acids is 2. The molecule has 0 N–H and O–H groups in total. The first kappa shape index (κ1) is 17.2. The van der Waals surface area contributed by atoms with Crippen LogP contribution in [0, 0.1) is 5.92 Å². The van der Waals surface area contributed by atoms with Crippen LogP contribution in [-0.2, 0) is 24.5 Å². The summed E-state index contributed by atoms with van der Waals surface area (Å²) in [6, 6.07) is 17.9. The third kappa shape index (κ3) is 3.29. The Morgan fingerprint density at radius 1 is 0.800 bits per heavy atom. The van der Waals surface area contributed by atoms with E-state index in [1.165, 1.54) is 0 Å². The maximum absolute atomic E-state index is 12.4. The van der Waals surface area contributed by atoms with Crippen molar-refractivity contribution in [3.05, 3.63) is 60.2 Å². The van der Waals surface area contributed by atoms with Crippen LogP contribution < -0.4 is 0 Å². The normalized spacial score (nSPS) is 17.8. The summed E-state index contributed by atoms with van der Waals surface area (Å²) in [7, 11) is 0. The van der Waals surface area contributed by atoms with Crippen LogP contribution in [0.1, 0.15) is 33.3 Å². The highest BCUT2D eigenvalue weighted by Gasteiger charge is 2.51. The van der Waals surface area contributed by atoms with Crippen LogP contribution in [0.2, 0.25) is 0 Å². The summed E-state index contributed by atoms with van der Waals surface area (Å²) in [5, 5.41) is 0. The standard InChI is InChI=1S/C21H22O4/c1-20(2,17-18(22)24-21(3,4)25-19(17)23)16-12-10-15(11-13-16)14-8-6-5-7-9-14/h5-13,17H,1-4H3. The van der Waals surface area contributed by atoms with Gasteiger partial charge in [-0.05, 0) is 16.7 Å². The minimum Gasteiger partial charge on any atom is -0.422 e. The van der Waals surface area contributed by atoms with Gasteiger partial charge in [0.25, 0.3) is 5.79 Å². The predicted molar refractivity (Wildman–Crippen MR) is 94.7 cm³/mol. The van der Waals surface area contributed by atoms with Crippen LogP contribution >= 0.6 is 0 Å². The van der Waals surface area contributed by atoms with Gasteiger partial charge in [-0.1, -0.05) is 68.4 Å². The summed E-state index contributed by atoms with van der Waals surface area (Å²) in [6.07, 6.45) is 0. The van der Waals surface area contributed by atoms with Crippen molar-refractivity contribution >= 4 is 11.9 Å². The highest BCUT2D eigenvalue weighted by atomic mass is 16.7. The molecule has 1 fully saturated rings. The lowest BCUT2D eigenvalue weighted by molar-refractivity contribution is -0.243. The fraction of sp³-hybridized carbons (Fsp3) is 0.333. The second-order valence-electron chi connectivity index (χ2n) is 7.34. The fourth-order valence-electron chi connectivity index (χ4n) is 3.20. The first-order chi connectivity index (χ1) is 11.7. The Bertz CT molecular complexity index is 768. The Morgan fingerprint density at radius 2 is 1.28 bits per heavy atom. The Kier molecular flexibility index (Phi) is 4.15. The number of rotatable bonds is 3. The summed E-state index contributed by atoms with van der Waals surface area (Å²) in [5.74, 6) is -3.28. The number of hydrogen-bond donors (Lipinski definition) is 0. The highest BCUT2D eigenvalue weighted by Crippen LogP contribution is 2.38. The van der Waals surface area contributed by atoms with Gasteiger partial charge in [0.15, 0.2) is 5.92 Å². The molecular weight excluding hydrogens is 316 g/mol. The Hall–Kier alpha value is -2.62. The molecule has 1 aliphatic rings. The number of esters is 2. The fourth-order valence-corrected chi connectivity index (χ4v) is 3.20. The minimum absolute atomic E-state index is 0.543. The molecule has 4 nitrogen and oxygen atoms in total. The molecule has 0 amide bonds. The van der Waals surface area contributed by atoms with Crippen molar-refractivity contribution < 1.29 is 19.1 Å². The largest absolute Gasteiger partial charge is 0.422 e. The average molecular weight is 338 g/mol. The van der Waals surface area contributed by atoms with E-state index in [1.807, 2.05) is 68.4 Å². The number of hydrogen-bond acceptors (Lipinski definition) is 4. The van der Waals surface area contributed by atoms with E-state index in [0.29, 0.717) is 0 Å². The van der Waals surface area contributed by atoms with Gasteiger partial charge in [-0.15, -0.1) is 0 Å². The van der Waals surface area contributed by atoms with Crippen molar-refractivity contribution in [1.82, 2.24) is 0 Å². The Morgan fingerprint density at radius 3 is 1.80 bits per heavy atom. The number of benzene rings is 2. The van der Waals surface area contributed by atoms with Crippen molar-refractivity contribution in [1.29, 1.82) is 0 Å². The molecule has 1 aliphatic heterocycles. The van der Waals surface area contributed by atoms with E-state index in [9.17, 15) is 9.59 Å². The van der Waals surface area contributed by atoms with Crippen molar-refractivity contribution in [3.63, 3.8) is 0 Å². The molecule has 0 atom stereocenters. The lowest BCUT2D eigenvalue weighted by atomic mass is 9.72. The first-order valence-corrected chi connectivity index (χ1v) is 8.32. The number of carbonyl (C=O) groups is 2. The molecule has 0 unspecified atom stereocenters. The van der Waals surface area contributed by atoms with E-state index >= 15 is 0 Å². The lowest BCUT2D eigenvalue weighted by Crippen LogP contribution is -2.52. The molecule has 1 saturated heterocycles. The van der Waals surface area contributed by atoms with Gasteiger partial charge < -0.3 is 9.47 Å². The van der Waals surface area contributed by atoms with Gasteiger partial charge >= 0.3 is 11.9 Å². The number of ether oxygens (including phenoxy) is 2. The molecule has 3 rings (SSSR count). The summed E-state index contributed by atoms with van der Waals surface area (Å²) in [4.78, 5) is 24.8. The zero-order valence-corrected chi connectivity index (χ0v) is 14.9. The number of cyclic esters (lactones) is 2. The summed E-state index contributed by atoms with van der Waals surface area (Å²) in [5.41, 5.74) is 2.34. The molecule has 0 bridgehead atoms. The maximum Gasteiger partial charge on any atom is 0.324 e. The minimum atomic E-state index is -1.21. The molecule has 0 aliphatic carbocycles. The van der Waals surface area contributed by atoms with E-state index in [1.54, 1.807) is 13.8 Å². The summed E-state index contributed by atoms with van der Waals surface area (Å²) >= 11 is 0. The second kappa shape index (κ2) is 6.03. The van der Waals surface area contributed by atoms with Gasteiger partial charge in [-0.2, -0.15) is 0 Å². The molecule has 2 aromatic carbocycles. The Labute approximate surface area is 147 Å². The van der Waals surface area contributed by atoms with Crippen molar-refractivity contribution in [2.24, 2.45) is 5.92 Å². The van der Waals surface area contributed by atoms with Crippen LogP contribution in [0.3, 0.4) is 0 Å². The SMILES string of the molecule is CC1(C)OC(=O)C(C(C)(C)c2ccc(-c3ccccc3)cc2)C(=O)O1. The molecule has 130 valence electrons. The van der Waals surface area contributed by atoms with Gasteiger partial charge in [0.2, 0.25) is 0 Å². The smallest absolute Gasteiger partial charge is 0.324 e. The summed E-state index contributed by atoms with van der Waals surface area (Å²) < 4.78 is 10.6. The van der Waals surface area contributed by atoms with Crippen molar-refractivity contribution in [2.75, 3.05) is 0 Å². The molecule has 2 aromatic rings. The predicted octanol–water partition coefficient (Wildman–Crippen LogP) is 4.08. The van der Waals surface area contributed by atoms with Gasteiger partial charge in [0, 0.05) is 19.3 Å². The lowest BCUT2D eigenvalue weighted by Gasteiger charge is -2.39. The van der Waals surface area contributed by atoms with Crippen LogP contribution in [0.4, 0.5) is 0 Å². The first-order valence-electron chi connectivity index (χ1n) is 8.32. The molecule has 4 heteroatoms. The molecule has 25 heavy (non-hydrogen) atoms. The van der Waals surface area contributed by atoms with Crippen LogP contribution in [0.15, 0.2) is 54.6 Å².